The molecule has 1 aliphatic rings. The molecular weight excluding hydrogens is 540 g/mol. The number of benzene rings is 3. The summed E-state index contributed by atoms with van der Waals surface area (Å²) in [4.78, 5) is 29.2. The van der Waals surface area contributed by atoms with Gasteiger partial charge >= 0.3 is 0 Å². The van der Waals surface area contributed by atoms with Crippen LogP contribution in [0.15, 0.2) is 60.7 Å². The lowest BCUT2D eigenvalue weighted by atomic mass is 9.92. The monoisotopic (exact) mass is 574 g/mol. The molecule has 0 saturated carbocycles. The smallest absolute Gasteiger partial charge is 0.297 e. The van der Waals surface area contributed by atoms with Gasteiger partial charge in [-0.1, -0.05) is 50.1 Å². The van der Waals surface area contributed by atoms with Crippen molar-refractivity contribution in [3.05, 3.63) is 82.5 Å². The number of anilines is 1. The van der Waals surface area contributed by atoms with Gasteiger partial charge in [-0.2, -0.15) is 5.10 Å². The van der Waals surface area contributed by atoms with Gasteiger partial charge in [-0.15, -0.1) is 0 Å². The number of carbonyl (C=O) groups is 2. The van der Waals surface area contributed by atoms with Crippen molar-refractivity contribution in [2.45, 2.75) is 33.1 Å². The summed E-state index contributed by atoms with van der Waals surface area (Å²) >= 11 is 6.33. The number of morpholine rings is 1. The Hall–Kier alpha value is -3.72. The number of halogens is 1. The number of fused-ring (bicyclic) bond motifs is 1. The molecule has 2 heterocycles. The summed E-state index contributed by atoms with van der Waals surface area (Å²) in [6.45, 7) is 12.6. The second-order valence-electron chi connectivity index (χ2n) is 11.3. The van der Waals surface area contributed by atoms with Crippen molar-refractivity contribution in [3.8, 4) is 11.4 Å². The Labute approximate surface area is 245 Å². The first-order valence-corrected chi connectivity index (χ1v) is 14.2. The molecule has 5 rings (SSSR count). The molecule has 1 saturated heterocycles. The Morgan fingerprint density at radius 1 is 1.00 bits per heavy atom. The molecule has 0 radical (unpaired) electrons. The highest BCUT2D eigenvalue weighted by atomic mass is 35.5. The molecule has 1 aliphatic heterocycles. The van der Waals surface area contributed by atoms with Gasteiger partial charge in [0.1, 0.15) is 18.2 Å². The zero-order valence-electron chi connectivity index (χ0n) is 23.9. The molecule has 0 atom stereocenters. The minimum Gasteiger partial charge on any atom is -0.492 e. The van der Waals surface area contributed by atoms with Gasteiger partial charge in [-0.3, -0.25) is 14.5 Å². The van der Waals surface area contributed by atoms with Crippen LogP contribution in [0.5, 0.6) is 5.75 Å². The Morgan fingerprint density at radius 2 is 1.73 bits per heavy atom. The summed E-state index contributed by atoms with van der Waals surface area (Å²) in [5, 5.41) is 9.30. The lowest BCUT2D eigenvalue weighted by Crippen LogP contribution is -2.38. The van der Waals surface area contributed by atoms with Crippen molar-refractivity contribution >= 4 is 39.9 Å². The second kappa shape index (κ2) is 12.0. The number of carbonyl (C=O) groups excluding carboxylic acids is 2. The Balaban J connectivity index is 1.40. The normalized spacial score (nSPS) is 14.3. The molecule has 41 heavy (non-hydrogen) atoms. The molecule has 4 aromatic rings. The average Bonchev–Trinajstić information content (AvgIpc) is 3.38. The van der Waals surface area contributed by atoms with Crippen LogP contribution in [0.25, 0.3) is 16.5 Å². The van der Waals surface area contributed by atoms with Crippen LogP contribution in [0.4, 0.5) is 5.82 Å². The number of hydrogen-bond acceptors (Lipinski definition) is 6. The van der Waals surface area contributed by atoms with E-state index >= 15 is 0 Å². The summed E-state index contributed by atoms with van der Waals surface area (Å²) < 4.78 is 13.2. The summed E-state index contributed by atoms with van der Waals surface area (Å²) in [7, 11) is 0. The number of ketones is 1. The van der Waals surface area contributed by atoms with E-state index in [0.29, 0.717) is 28.6 Å². The van der Waals surface area contributed by atoms with Crippen molar-refractivity contribution < 1.29 is 19.1 Å². The third-order valence-electron chi connectivity index (χ3n) is 7.16. The molecule has 214 valence electrons. The quantitative estimate of drug-likeness (QED) is 0.211. The van der Waals surface area contributed by atoms with Gasteiger partial charge in [-0.05, 0) is 54.8 Å². The maximum atomic E-state index is 13.6. The van der Waals surface area contributed by atoms with E-state index in [2.05, 4.69) is 10.2 Å². The molecule has 1 fully saturated rings. The minimum atomic E-state index is -0.763. The van der Waals surface area contributed by atoms with Crippen molar-refractivity contribution in [3.63, 3.8) is 0 Å². The molecule has 9 heteroatoms. The van der Waals surface area contributed by atoms with Crippen LogP contribution in [0.3, 0.4) is 0 Å². The molecule has 0 spiro atoms. The summed E-state index contributed by atoms with van der Waals surface area (Å²) in [5.41, 5.74) is 2.67. The van der Waals surface area contributed by atoms with Crippen LogP contribution in [-0.4, -0.2) is 65.8 Å². The average molecular weight is 575 g/mol. The van der Waals surface area contributed by atoms with Crippen molar-refractivity contribution in [2.75, 3.05) is 44.8 Å². The number of ether oxygens (including phenoxy) is 2. The fraction of sp³-hybridized carbons (Fsp3) is 0.344. The fourth-order valence-electron chi connectivity index (χ4n) is 4.74. The Kier molecular flexibility index (Phi) is 8.45. The first-order chi connectivity index (χ1) is 19.6. The highest BCUT2D eigenvalue weighted by Gasteiger charge is 2.25. The maximum Gasteiger partial charge on any atom is 0.297 e. The number of rotatable bonds is 8. The predicted molar refractivity (Wildman–Crippen MR) is 162 cm³/mol. The molecular formula is C32H35ClN4O4. The Bertz CT molecular complexity index is 1570. The molecule has 1 amide bonds. The molecule has 3 aromatic carbocycles. The van der Waals surface area contributed by atoms with Gasteiger partial charge in [0.05, 0.1) is 24.6 Å². The number of Topliss-reactive ketones (excluding diaryl/α,β-unsaturated/α-hetero) is 1. The van der Waals surface area contributed by atoms with Crippen LogP contribution < -0.4 is 10.1 Å². The number of nitrogens with zero attached hydrogens (tertiary/aromatic N) is 3. The van der Waals surface area contributed by atoms with Crippen LogP contribution in [0, 0.1) is 6.92 Å². The SMILES string of the molecule is Cc1ccc(-n2nc(C(C)(C)C)cc2NC(=O)C(=O)c2ccc(OCCN3CCOCC3)c3ccc(Cl)cc23)cc1. The molecule has 0 aliphatic carbocycles. The van der Waals surface area contributed by atoms with E-state index in [-0.39, 0.29) is 11.0 Å². The molecule has 8 nitrogen and oxygen atoms in total. The number of nitrogens with one attached hydrogen (secondary N) is 1. The lowest BCUT2D eigenvalue weighted by Gasteiger charge is -2.26. The first kappa shape index (κ1) is 28.8. The molecule has 0 bridgehead atoms. The van der Waals surface area contributed by atoms with Crippen molar-refractivity contribution in [2.24, 2.45) is 0 Å². The van der Waals surface area contributed by atoms with Gasteiger partial charge < -0.3 is 14.8 Å². The van der Waals surface area contributed by atoms with E-state index in [1.165, 1.54) is 0 Å². The van der Waals surface area contributed by atoms with E-state index in [1.54, 1.807) is 28.9 Å². The lowest BCUT2D eigenvalue weighted by molar-refractivity contribution is -0.112. The number of amides is 1. The van der Waals surface area contributed by atoms with Gasteiger partial charge in [0, 0.05) is 47.1 Å². The van der Waals surface area contributed by atoms with Crippen LogP contribution in [0.1, 0.15) is 42.4 Å². The van der Waals surface area contributed by atoms with E-state index in [1.807, 2.05) is 64.1 Å². The third-order valence-corrected chi connectivity index (χ3v) is 7.39. The molecule has 1 N–H and O–H groups in total. The predicted octanol–water partition coefficient (Wildman–Crippen LogP) is 5.82. The van der Waals surface area contributed by atoms with Gasteiger partial charge in [0.25, 0.3) is 11.7 Å². The van der Waals surface area contributed by atoms with Gasteiger partial charge in [0.15, 0.2) is 0 Å². The highest BCUT2D eigenvalue weighted by Crippen LogP contribution is 2.32. The van der Waals surface area contributed by atoms with E-state index in [9.17, 15) is 9.59 Å². The molecule has 1 aromatic heterocycles. The second-order valence-corrected chi connectivity index (χ2v) is 11.7. The maximum absolute atomic E-state index is 13.6. The first-order valence-electron chi connectivity index (χ1n) is 13.8. The standard InChI is InChI=1S/C32H35ClN4O4/c1-21-5-8-23(9-6-21)37-29(20-28(35-37)32(2,3)4)34-31(39)30(38)25-11-12-27(24-10-7-22(33)19-26(24)25)41-18-15-36-13-16-40-17-14-36/h5-12,19-20H,13-18H2,1-4H3,(H,34,39). The Morgan fingerprint density at radius 3 is 2.44 bits per heavy atom. The van der Waals surface area contributed by atoms with Crippen molar-refractivity contribution in [1.82, 2.24) is 14.7 Å². The zero-order chi connectivity index (χ0) is 29.1. The number of aromatic nitrogens is 2. The number of aryl methyl sites for hydroxylation is 1. The summed E-state index contributed by atoms with van der Waals surface area (Å²) in [6, 6.07) is 18.3. The van der Waals surface area contributed by atoms with E-state index in [4.69, 9.17) is 26.2 Å². The summed E-state index contributed by atoms with van der Waals surface area (Å²) in [5.74, 6) is -0.385. The molecule has 0 unspecified atom stereocenters. The van der Waals surface area contributed by atoms with E-state index < -0.39 is 11.7 Å². The highest BCUT2D eigenvalue weighted by molar-refractivity contribution is 6.48. The van der Waals surface area contributed by atoms with Gasteiger partial charge in [-0.25, -0.2) is 4.68 Å². The zero-order valence-corrected chi connectivity index (χ0v) is 24.6. The topological polar surface area (TPSA) is 85.7 Å². The van der Waals surface area contributed by atoms with Gasteiger partial charge in [0.2, 0.25) is 0 Å². The van der Waals surface area contributed by atoms with Crippen LogP contribution in [0.2, 0.25) is 5.02 Å². The summed E-state index contributed by atoms with van der Waals surface area (Å²) in [6.07, 6.45) is 0. The largest absolute Gasteiger partial charge is 0.492 e. The third kappa shape index (κ3) is 6.62. The van der Waals surface area contributed by atoms with Crippen LogP contribution in [-0.2, 0) is 14.9 Å². The van der Waals surface area contributed by atoms with E-state index in [0.717, 1.165) is 55.2 Å². The minimum absolute atomic E-state index is 0.248. The van der Waals surface area contributed by atoms with Crippen molar-refractivity contribution in [1.29, 1.82) is 0 Å². The number of hydrogen-bond donors (Lipinski definition) is 1. The fourth-order valence-corrected chi connectivity index (χ4v) is 4.91. The van der Waals surface area contributed by atoms with Crippen LogP contribution >= 0.6 is 11.6 Å².